The summed E-state index contributed by atoms with van der Waals surface area (Å²) in [5, 5.41) is 16.4. The summed E-state index contributed by atoms with van der Waals surface area (Å²) in [6.07, 6.45) is -0.624. The summed E-state index contributed by atoms with van der Waals surface area (Å²) in [6.45, 7) is -1.10. The number of methoxy groups -OCH3 is 1. The Morgan fingerprint density at radius 3 is 2.06 bits per heavy atom. The van der Waals surface area contributed by atoms with Crippen molar-refractivity contribution in [3.63, 3.8) is 0 Å². The molecule has 0 aliphatic rings. The Balaban J connectivity index is 1.95. The van der Waals surface area contributed by atoms with Gasteiger partial charge in [0.25, 0.3) is 0 Å². The third-order valence-corrected chi connectivity index (χ3v) is 4.53. The van der Waals surface area contributed by atoms with Crippen molar-refractivity contribution in [3.8, 4) is 0 Å². The van der Waals surface area contributed by atoms with Crippen LogP contribution in [0.4, 0.5) is 4.79 Å². The average molecular weight is 457 g/mol. The average Bonchev–Trinajstić information content (AvgIpc) is 2.85. The van der Waals surface area contributed by atoms with Crippen LogP contribution in [-0.2, 0) is 36.9 Å². The van der Waals surface area contributed by atoms with Crippen molar-refractivity contribution in [2.75, 3.05) is 20.3 Å². The molecule has 0 bridgehead atoms. The fourth-order valence-corrected chi connectivity index (χ4v) is 2.82. The molecule has 4 N–H and O–H groups in total. The molecule has 0 unspecified atom stereocenters. The summed E-state index contributed by atoms with van der Waals surface area (Å²) in [6, 6.07) is 15.8. The van der Waals surface area contributed by atoms with Gasteiger partial charge in [-0.1, -0.05) is 60.7 Å². The van der Waals surface area contributed by atoms with E-state index >= 15 is 0 Å². The van der Waals surface area contributed by atoms with Crippen molar-refractivity contribution in [1.82, 2.24) is 16.0 Å². The Morgan fingerprint density at radius 1 is 0.879 bits per heavy atom. The van der Waals surface area contributed by atoms with Crippen molar-refractivity contribution in [3.05, 3.63) is 71.8 Å². The predicted molar refractivity (Wildman–Crippen MR) is 118 cm³/mol. The number of alkyl carbamates (subject to hydrolysis) is 1. The van der Waals surface area contributed by atoms with Gasteiger partial charge in [-0.25, -0.2) is 9.59 Å². The standard InChI is InChI=1S/C23H27N3O7/c1-32-22(30)19(14-27)25-20(28)13-24-21(29)18(12-16-8-4-2-5-9-16)26-23(31)33-15-17-10-6-3-7-11-17/h2-11,18-19,27H,12-15H2,1H3,(H,24,29)(H,25,28)(H,26,31)/t18-,19-/m0/s1. The number of ether oxygens (including phenoxy) is 2. The van der Waals surface area contributed by atoms with E-state index in [0.717, 1.165) is 18.2 Å². The number of carbonyl (C=O) groups is 4. The Bertz CT molecular complexity index is 922. The first-order chi connectivity index (χ1) is 15.9. The molecule has 2 rings (SSSR count). The van der Waals surface area contributed by atoms with E-state index in [1.807, 2.05) is 24.3 Å². The van der Waals surface area contributed by atoms with Crippen molar-refractivity contribution < 1.29 is 33.8 Å². The second-order valence-electron chi connectivity index (χ2n) is 6.99. The van der Waals surface area contributed by atoms with E-state index in [2.05, 4.69) is 20.7 Å². The number of aliphatic hydroxyl groups excluding tert-OH is 1. The van der Waals surface area contributed by atoms with E-state index in [1.165, 1.54) is 0 Å². The number of aliphatic hydroxyl groups is 1. The van der Waals surface area contributed by atoms with Crippen LogP contribution in [0.15, 0.2) is 60.7 Å². The van der Waals surface area contributed by atoms with E-state index in [0.29, 0.717) is 0 Å². The minimum atomic E-state index is -1.24. The third kappa shape index (κ3) is 8.99. The maximum absolute atomic E-state index is 12.7. The zero-order chi connectivity index (χ0) is 24.1. The number of rotatable bonds is 11. The van der Waals surface area contributed by atoms with Crippen LogP contribution in [0, 0.1) is 0 Å². The summed E-state index contributed by atoms with van der Waals surface area (Å²) in [5.41, 5.74) is 1.58. The predicted octanol–water partition coefficient (Wildman–Crippen LogP) is 0.290. The molecular weight excluding hydrogens is 430 g/mol. The highest BCUT2D eigenvalue weighted by Gasteiger charge is 2.24. The highest BCUT2D eigenvalue weighted by molar-refractivity contribution is 5.91. The molecule has 0 aliphatic heterocycles. The van der Waals surface area contributed by atoms with E-state index in [9.17, 15) is 24.3 Å². The van der Waals surface area contributed by atoms with E-state index in [1.54, 1.807) is 36.4 Å². The number of hydrogen-bond acceptors (Lipinski definition) is 7. The second-order valence-corrected chi connectivity index (χ2v) is 6.99. The van der Waals surface area contributed by atoms with Gasteiger partial charge < -0.3 is 30.5 Å². The molecule has 0 saturated carbocycles. The number of carbonyl (C=O) groups excluding carboxylic acids is 4. The van der Waals surface area contributed by atoms with E-state index in [-0.39, 0.29) is 13.0 Å². The number of hydrogen-bond donors (Lipinski definition) is 4. The Labute approximate surface area is 191 Å². The van der Waals surface area contributed by atoms with Crippen LogP contribution in [0.2, 0.25) is 0 Å². The highest BCUT2D eigenvalue weighted by atomic mass is 16.5. The lowest BCUT2D eigenvalue weighted by molar-refractivity contribution is -0.146. The lowest BCUT2D eigenvalue weighted by atomic mass is 10.1. The number of amides is 3. The highest BCUT2D eigenvalue weighted by Crippen LogP contribution is 2.05. The minimum Gasteiger partial charge on any atom is -0.467 e. The van der Waals surface area contributed by atoms with Gasteiger partial charge in [-0.15, -0.1) is 0 Å². The molecule has 33 heavy (non-hydrogen) atoms. The summed E-state index contributed by atoms with van der Waals surface area (Å²) in [7, 11) is 1.12. The topological polar surface area (TPSA) is 143 Å². The second kappa shape index (κ2) is 13.5. The Morgan fingerprint density at radius 2 is 1.48 bits per heavy atom. The molecule has 0 fully saturated rings. The third-order valence-electron chi connectivity index (χ3n) is 4.53. The first-order valence-electron chi connectivity index (χ1n) is 10.2. The zero-order valence-corrected chi connectivity index (χ0v) is 18.2. The van der Waals surface area contributed by atoms with Gasteiger partial charge in [0, 0.05) is 6.42 Å². The normalized spacial score (nSPS) is 12.1. The van der Waals surface area contributed by atoms with Gasteiger partial charge >= 0.3 is 12.1 Å². The van der Waals surface area contributed by atoms with Gasteiger partial charge in [-0.2, -0.15) is 0 Å². The molecule has 0 spiro atoms. The van der Waals surface area contributed by atoms with Crippen LogP contribution in [0.5, 0.6) is 0 Å². The van der Waals surface area contributed by atoms with E-state index < -0.39 is 49.1 Å². The molecule has 10 nitrogen and oxygen atoms in total. The zero-order valence-electron chi connectivity index (χ0n) is 18.2. The van der Waals surface area contributed by atoms with Crippen molar-refractivity contribution in [1.29, 1.82) is 0 Å². The number of benzene rings is 2. The molecule has 0 radical (unpaired) electrons. The van der Waals surface area contributed by atoms with Gasteiger partial charge in [-0.3, -0.25) is 9.59 Å². The SMILES string of the molecule is COC(=O)[C@H](CO)NC(=O)CNC(=O)[C@H](Cc1ccccc1)NC(=O)OCc1ccccc1. The number of nitrogens with one attached hydrogen (secondary N) is 3. The molecule has 0 aromatic heterocycles. The molecule has 3 amide bonds. The van der Waals surface area contributed by atoms with Crippen LogP contribution in [0.25, 0.3) is 0 Å². The summed E-state index contributed by atoms with van der Waals surface area (Å²) in [4.78, 5) is 48.5. The Hall–Kier alpha value is -3.92. The molecule has 2 aromatic rings. The molecule has 2 aromatic carbocycles. The van der Waals surface area contributed by atoms with Gasteiger partial charge in [0.05, 0.1) is 20.3 Å². The van der Waals surface area contributed by atoms with Crippen LogP contribution >= 0.6 is 0 Å². The molecular formula is C23H27N3O7. The fourth-order valence-electron chi connectivity index (χ4n) is 2.82. The molecule has 0 heterocycles. The van der Waals surface area contributed by atoms with Crippen molar-refractivity contribution >= 4 is 23.9 Å². The largest absolute Gasteiger partial charge is 0.467 e. The van der Waals surface area contributed by atoms with E-state index in [4.69, 9.17) is 4.74 Å². The molecule has 0 aliphatic carbocycles. The van der Waals surface area contributed by atoms with Gasteiger partial charge in [0.1, 0.15) is 12.6 Å². The van der Waals surface area contributed by atoms with Gasteiger partial charge in [-0.05, 0) is 11.1 Å². The molecule has 0 saturated heterocycles. The summed E-state index contributed by atoms with van der Waals surface area (Å²) < 4.78 is 9.66. The first-order valence-corrected chi connectivity index (χ1v) is 10.2. The van der Waals surface area contributed by atoms with Crippen LogP contribution < -0.4 is 16.0 Å². The fraction of sp³-hybridized carbons (Fsp3) is 0.304. The smallest absolute Gasteiger partial charge is 0.408 e. The summed E-state index contributed by atoms with van der Waals surface area (Å²) >= 11 is 0. The monoisotopic (exact) mass is 457 g/mol. The van der Waals surface area contributed by atoms with Crippen LogP contribution in [0.3, 0.4) is 0 Å². The van der Waals surface area contributed by atoms with Crippen LogP contribution in [-0.4, -0.2) is 61.3 Å². The molecule has 10 heteroatoms. The van der Waals surface area contributed by atoms with Gasteiger partial charge in [0.2, 0.25) is 11.8 Å². The van der Waals surface area contributed by atoms with Gasteiger partial charge in [0.15, 0.2) is 6.04 Å². The molecule has 2 atom stereocenters. The van der Waals surface area contributed by atoms with Crippen molar-refractivity contribution in [2.24, 2.45) is 0 Å². The summed E-state index contributed by atoms with van der Waals surface area (Å²) in [5.74, 6) is -2.15. The molecule has 176 valence electrons. The Kier molecular flexibility index (Phi) is 10.4. The maximum Gasteiger partial charge on any atom is 0.408 e. The van der Waals surface area contributed by atoms with Crippen molar-refractivity contribution in [2.45, 2.75) is 25.1 Å². The quantitative estimate of drug-likeness (QED) is 0.355. The lowest BCUT2D eigenvalue weighted by Crippen LogP contribution is -2.52. The number of esters is 1. The lowest BCUT2D eigenvalue weighted by Gasteiger charge is -2.19. The maximum atomic E-state index is 12.7. The minimum absolute atomic E-state index is 0.0326. The van der Waals surface area contributed by atoms with Crippen LogP contribution in [0.1, 0.15) is 11.1 Å². The first kappa shape index (κ1) is 25.3.